The molecule has 0 N–H and O–H groups in total. The first-order valence-electron chi connectivity index (χ1n) is 10.5. The summed E-state index contributed by atoms with van der Waals surface area (Å²) >= 11 is 0. The molecule has 0 aliphatic carbocycles. The highest BCUT2D eigenvalue weighted by atomic mass is 16.1. The first-order valence-corrected chi connectivity index (χ1v) is 10.5. The maximum Gasteiger partial charge on any atom is 0.132 e. The van der Waals surface area contributed by atoms with Crippen LogP contribution in [0.1, 0.15) is 96.1 Å². The highest BCUT2D eigenvalue weighted by Crippen LogP contribution is 2.34. The van der Waals surface area contributed by atoms with Crippen molar-refractivity contribution in [3.63, 3.8) is 0 Å². The molecular formula is C23H37NO. The van der Waals surface area contributed by atoms with Gasteiger partial charge in [-0.05, 0) is 31.7 Å². The topological polar surface area (TPSA) is 20.1 Å². The fraction of sp³-hybridized carbons (Fsp3) is 0.696. The molecule has 1 unspecified atom stereocenters. The molecule has 0 radical (unpaired) electrons. The maximum absolute atomic E-state index is 12.0. The minimum atomic E-state index is 0.483. The molecule has 1 heterocycles. The molecule has 2 heteroatoms. The predicted molar refractivity (Wildman–Crippen MR) is 107 cm³/mol. The van der Waals surface area contributed by atoms with Crippen LogP contribution >= 0.6 is 0 Å². The quantitative estimate of drug-likeness (QED) is 0.291. The number of ketones is 1. The van der Waals surface area contributed by atoms with Gasteiger partial charge in [-0.1, -0.05) is 75.8 Å². The van der Waals surface area contributed by atoms with Crippen molar-refractivity contribution in [2.45, 2.75) is 96.6 Å². The van der Waals surface area contributed by atoms with Crippen molar-refractivity contribution in [3.8, 4) is 0 Å². The summed E-state index contributed by atoms with van der Waals surface area (Å²) in [5, 5.41) is 0. The van der Waals surface area contributed by atoms with Crippen LogP contribution in [0.2, 0.25) is 0 Å². The number of rotatable bonds is 14. The Kier molecular flexibility index (Phi) is 9.25. The predicted octanol–water partition coefficient (Wildman–Crippen LogP) is 6.31. The Balaban J connectivity index is 1.47. The van der Waals surface area contributed by atoms with E-state index in [0.717, 1.165) is 25.7 Å². The SMILES string of the molecule is CCCCCCCCCC(=O)CCC[C@@H]1CN1[C@H](C)c1ccccc1. The summed E-state index contributed by atoms with van der Waals surface area (Å²) in [4.78, 5) is 14.6. The Morgan fingerprint density at radius 2 is 1.64 bits per heavy atom. The molecule has 1 saturated heterocycles. The van der Waals surface area contributed by atoms with Crippen LogP contribution in [0.25, 0.3) is 0 Å². The Bertz CT molecular complexity index is 484. The van der Waals surface area contributed by atoms with Gasteiger partial charge in [-0.2, -0.15) is 0 Å². The fourth-order valence-electron chi connectivity index (χ4n) is 3.79. The van der Waals surface area contributed by atoms with Gasteiger partial charge in [-0.3, -0.25) is 9.69 Å². The van der Waals surface area contributed by atoms with E-state index in [9.17, 15) is 4.79 Å². The van der Waals surface area contributed by atoms with Crippen molar-refractivity contribution in [1.82, 2.24) is 4.90 Å². The first-order chi connectivity index (χ1) is 12.2. The lowest BCUT2D eigenvalue weighted by Crippen LogP contribution is -2.09. The molecule has 0 saturated carbocycles. The largest absolute Gasteiger partial charge is 0.300 e. The molecule has 0 amide bonds. The zero-order valence-corrected chi connectivity index (χ0v) is 16.4. The summed E-state index contributed by atoms with van der Waals surface area (Å²) in [7, 11) is 0. The molecule has 140 valence electrons. The van der Waals surface area contributed by atoms with Gasteiger partial charge < -0.3 is 0 Å². The first kappa shape index (κ1) is 20.2. The minimum absolute atomic E-state index is 0.483. The molecule has 2 rings (SSSR count). The van der Waals surface area contributed by atoms with Gasteiger partial charge in [0.05, 0.1) is 0 Å². The molecule has 1 aromatic rings. The van der Waals surface area contributed by atoms with Crippen molar-refractivity contribution >= 4 is 5.78 Å². The number of unbranched alkanes of at least 4 members (excludes halogenated alkanes) is 6. The van der Waals surface area contributed by atoms with Crippen molar-refractivity contribution in [1.29, 1.82) is 0 Å². The zero-order valence-electron chi connectivity index (χ0n) is 16.4. The van der Waals surface area contributed by atoms with Gasteiger partial charge in [0.1, 0.15) is 5.78 Å². The van der Waals surface area contributed by atoms with Crippen LogP contribution in [0.15, 0.2) is 30.3 Å². The van der Waals surface area contributed by atoms with Gasteiger partial charge in [0.15, 0.2) is 0 Å². The third-order valence-corrected chi connectivity index (χ3v) is 5.59. The van der Waals surface area contributed by atoms with Gasteiger partial charge in [-0.25, -0.2) is 0 Å². The number of carbonyl (C=O) groups is 1. The second kappa shape index (κ2) is 11.5. The van der Waals surface area contributed by atoms with E-state index in [1.54, 1.807) is 0 Å². The van der Waals surface area contributed by atoms with E-state index in [1.807, 2.05) is 0 Å². The van der Waals surface area contributed by atoms with Crippen LogP contribution in [0.3, 0.4) is 0 Å². The molecular weight excluding hydrogens is 306 g/mol. The number of hydrogen-bond acceptors (Lipinski definition) is 2. The number of nitrogens with zero attached hydrogens (tertiary/aromatic N) is 1. The summed E-state index contributed by atoms with van der Waals surface area (Å²) in [5.74, 6) is 0.483. The van der Waals surface area contributed by atoms with Crippen LogP contribution in [0.5, 0.6) is 0 Å². The standard InChI is InChI=1S/C23H37NO/c1-3-4-5-6-7-8-12-17-23(25)18-13-16-22-19-24(22)20(2)21-14-10-9-11-15-21/h9-11,14-15,20,22H,3-8,12-13,16-19H2,1-2H3/t20-,22-,24?/m1/s1. The number of benzene rings is 1. The Morgan fingerprint density at radius 3 is 2.36 bits per heavy atom. The van der Waals surface area contributed by atoms with E-state index in [4.69, 9.17) is 0 Å². The molecule has 1 fully saturated rings. The lowest BCUT2D eigenvalue weighted by molar-refractivity contribution is -0.119. The van der Waals surface area contributed by atoms with Gasteiger partial charge >= 0.3 is 0 Å². The minimum Gasteiger partial charge on any atom is -0.300 e. The average Bonchev–Trinajstić information content (AvgIpc) is 3.40. The molecule has 0 spiro atoms. The van der Waals surface area contributed by atoms with E-state index in [0.29, 0.717) is 17.9 Å². The number of Topliss-reactive ketones (excluding diaryl/α,β-unsaturated/α-hetero) is 1. The number of hydrogen-bond donors (Lipinski definition) is 0. The van der Waals surface area contributed by atoms with E-state index < -0.39 is 0 Å². The van der Waals surface area contributed by atoms with Crippen LogP contribution < -0.4 is 0 Å². The van der Waals surface area contributed by atoms with E-state index in [-0.39, 0.29) is 0 Å². The van der Waals surface area contributed by atoms with Crippen molar-refractivity contribution in [3.05, 3.63) is 35.9 Å². The van der Waals surface area contributed by atoms with E-state index in [1.165, 1.54) is 57.1 Å². The second-order valence-electron chi connectivity index (χ2n) is 7.74. The van der Waals surface area contributed by atoms with Gasteiger partial charge in [0, 0.05) is 31.5 Å². The van der Waals surface area contributed by atoms with Crippen molar-refractivity contribution in [2.24, 2.45) is 0 Å². The van der Waals surface area contributed by atoms with Crippen LogP contribution in [0.4, 0.5) is 0 Å². The van der Waals surface area contributed by atoms with Crippen LogP contribution in [-0.2, 0) is 4.79 Å². The van der Waals surface area contributed by atoms with Crippen molar-refractivity contribution < 1.29 is 4.79 Å². The van der Waals surface area contributed by atoms with Crippen LogP contribution in [-0.4, -0.2) is 23.3 Å². The summed E-state index contributed by atoms with van der Waals surface area (Å²) in [5.41, 5.74) is 1.40. The molecule has 25 heavy (non-hydrogen) atoms. The lowest BCUT2D eigenvalue weighted by atomic mass is 10.0. The lowest BCUT2D eigenvalue weighted by Gasteiger charge is -2.14. The normalized spacial score (nSPS) is 20.4. The fourth-order valence-corrected chi connectivity index (χ4v) is 3.79. The second-order valence-corrected chi connectivity index (χ2v) is 7.74. The Morgan fingerprint density at radius 1 is 1.00 bits per heavy atom. The third-order valence-electron chi connectivity index (χ3n) is 5.59. The zero-order chi connectivity index (χ0) is 17.9. The number of carbonyl (C=O) groups excluding carboxylic acids is 1. The molecule has 1 aliphatic rings. The molecule has 1 aliphatic heterocycles. The third kappa shape index (κ3) is 7.73. The van der Waals surface area contributed by atoms with E-state index in [2.05, 4.69) is 49.1 Å². The Hall–Kier alpha value is -1.15. The molecule has 0 aromatic heterocycles. The summed E-state index contributed by atoms with van der Waals surface area (Å²) < 4.78 is 0. The summed E-state index contributed by atoms with van der Waals surface area (Å²) in [6, 6.07) is 11.9. The molecule has 2 nitrogen and oxygen atoms in total. The van der Waals surface area contributed by atoms with Gasteiger partial charge in [-0.15, -0.1) is 0 Å². The van der Waals surface area contributed by atoms with E-state index >= 15 is 0 Å². The summed E-state index contributed by atoms with van der Waals surface area (Å²) in [6.07, 6.45) is 12.9. The maximum atomic E-state index is 12.0. The monoisotopic (exact) mass is 343 g/mol. The Labute approximate surface area is 155 Å². The highest BCUT2D eigenvalue weighted by molar-refractivity contribution is 5.78. The van der Waals surface area contributed by atoms with Gasteiger partial charge in [0.2, 0.25) is 0 Å². The van der Waals surface area contributed by atoms with Gasteiger partial charge in [0.25, 0.3) is 0 Å². The molecule has 0 bridgehead atoms. The molecule has 1 aromatic carbocycles. The summed E-state index contributed by atoms with van der Waals surface area (Å²) in [6.45, 7) is 5.74. The molecule has 3 atom stereocenters. The smallest absolute Gasteiger partial charge is 0.132 e. The van der Waals surface area contributed by atoms with Crippen LogP contribution in [0, 0.1) is 0 Å². The highest BCUT2D eigenvalue weighted by Gasteiger charge is 2.37. The van der Waals surface area contributed by atoms with Crippen molar-refractivity contribution in [2.75, 3.05) is 6.54 Å². The average molecular weight is 344 g/mol.